The first-order valence-electron chi connectivity index (χ1n) is 5.90. The molecule has 0 radical (unpaired) electrons. The molecule has 6 nitrogen and oxygen atoms in total. The maximum absolute atomic E-state index is 13.6. The highest BCUT2D eigenvalue weighted by Gasteiger charge is 2.18. The van der Waals surface area contributed by atoms with Gasteiger partial charge in [-0.1, -0.05) is 12.1 Å². The molecule has 106 valence electrons. The van der Waals surface area contributed by atoms with Crippen LogP contribution in [-0.4, -0.2) is 31.3 Å². The van der Waals surface area contributed by atoms with Gasteiger partial charge in [-0.2, -0.15) is 0 Å². The van der Waals surface area contributed by atoms with E-state index in [0.717, 1.165) is 6.07 Å². The fraction of sp³-hybridized carbons (Fsp3) is 0.333. The molecule has 8 heteroatoms. The minimum Gasteiger partial charge on any atom is -0.481 e. The van der Waals surface area contributed by atoms with E-state index >= 15 is 0 Å². The molecule has 2 rings (SSSR count). The van der Waals surface area contributed by atoms with Crippen LogP contribution < -0.4 is 0 Å². The van der Waals surface area contributed by atoms with Gasteiger partial charge in [0.15, 0.2) is 17.5 Å². The molecule has 1 aromatic carbocycles. The number of benzene rings is 1. The molecule has 0 saturated carbocycles. The molecular weight excluding hydrogens is 270 g/mol. The number of halogens is 2. The van der Waals surface area contributed by atoms with Crippen LogP contribution >= 0.6 is 0 Å². The molecule has 0 saturated heterocycles. The van der Waals surface area contributed by atoms with E-state index in [4.69, 9.17) is 5.11 Å². The normalized spacial score (nSPS) is 12.3. The fourth-order valence-electron chi connectivity index (χ4n) is 1.87. The van der Waals surface area contributed by atoms with E-state index in [1.807, 2.05) is 0 Å². The molecule has 0 amide bonds. The summed E-state index contributed by atoms with van der Waals surface area (Å²) in [5.74, 6) is -2.60. The third kappa shape index (κ3) is 2.95. The third-order valence-corrected chi connectivity index (χ3v) is 2.83. The van der Waals surface area contributed by atoms with E-state index in [1.165, 1.54) is 16.8 Å². The van der Waals surface area contributed by atoms with Crippen molar-refractivity contribution < 1.29 is 18.7 Å². The zero-order chi connectivity index (χ0) is 14.7. The average molecular weight is 282 g/mol. The monoisotopic (exact) mass is 282 g/mol. The standard InChI is InChI=1S/C12H12F2N4O2/c1-7(5-11(19)20)18-10(15-16-17-18)6-8-3-2-4-9(13)12(8)14/h2-4,7H,5-6H2,1H3,(H,19,20). The second-order valence-corrected chi connectivity index (χ2v) is 4.38. The van der Waals surface area contributed by atoms with Gasteiger partial charge < -0.3 is 5.11 Å². The minimum atomic E-state index is -0.990. The number of carbonyl (C=O) groups is 1. The van der Waals surface area contributed by atoms with Crippen molar-refractivity contribution in [2.75, 3.05) is 0 Å². The maximum Gasteiger partial charge on any atom is 0.305 e. The van der Waals surface area contributed by atoms with Gasteiger partial charge in [0.25, 0.3) is 0 Å². The lowest BCUT2D eigenvalue weighted by molar-refractivity contribution is -0.137. The first kappa shape index (κ1) is 14.0. The highest BCUT2D eigenvalue weighted by atomic mass is 19.2. The Labute approximate surface area is 113 Å². The zero-order valence-electron chi connectivity index (χ0n) is 10.6. The number of carboxylic acid groups (broad SMARTS) is 1. The summed E-state index contributed by atoms with van der Waals surface area (Å²) in [5, 5.41) is 19.6. The number of hydrogen-bond acceptors (Lipinski definition) is 4. The molecule has 1 heterocycles. The smallest absolute Gasteiger partial charge is 0.305 e. The Kier molecular flexibility index (Phi) is 4.02. The number of hydrogen-bond donors (Lipinski definition) is 1. The predicted octanol–water partition coefficient (Wildman–Crippen LogP) is 1.58. The van der Waals surface area contributed by atoms with Crippen LogP contribution in [0, 0.1) is 11.6 Å². The maximum atomic E-state index is 13.6. The molecule has 0 aliphatic carbocycles. The van der Waals surface area contributed by atoms with Crippen molar-refractivity contribution in [3.63, 3.8) is 0 Å². The highest BCUT2D eigenvalue weighted by Crippen LogP contribution is 2.17. The lowest BCUT2D eigenvalue weighted by Crippen LogP contribution is -2.15. The van der Waals surface area contributed by atoms with Crippen molar-refractivity contribution in [3.8, 4) is 0 Å². The number of aliphatic carboxylic acids is 1. The van der Waals surface area contributed by atoms with Gasteiger partial charge in [-0.15, -0.1) is 5.10 Å². The third-order valence-electron chi connectivity index (χ3n) is 2.83. The Balaban J connectivity index is 2.24. The molecule has 1 aromatic heterocycles. The highest BCUT2D eigenvalue weighted by molar-refractivity contribution is 5.67. The van der Waals surface area contributed by atoms with Crippen LogP contribution in [0.3, 0.4) is 0 Å². The molecule has 1 N–H and O–H groups in total. The van der Waals surface area contributed by atoms with Crippen LogP contribution in [0.4, 0.5) is 8.78 Å². The van der Waals surface area contributed by atoms with Crippen LogP contribution in [0.2, 0.25) is 0 Å². The summed E-state index contributed by atoms with van der Waals surface area (Å²) in [6.45, 7) is 1.63. The van der Waals surface area contributed by atoms with Crippen LogP contribution in [0.5, 0.6) is 0 Å². The molecule has 1 unspecified atom stereocenters. The van der Waals surface area contributed by atoms with Crippen molar-refractivity contribution in [1.82, 2.24) is 20.2 Å². The number of nitrogens with zero attached hydrogens (tertiary/aromatic N) is 4. The first-order chi connectivity index (χ1) is 9.49. The number of rotatable bonds is 5. The van der Waals surface area contributed by atoms with Gasteiger partial charge in [-0.3, -0.25) is 4.79 Å². The Morgan fingerprint density at radius 2 is 2.20 bits per heavy atom. The second kappa shape index (κ2) is 5.72. The Morgan fingerprint density at radius 1 is 1.45 bits per heavy atom. The first-order valence-corrected chi connectivity index (χ1v) is 5.90. The minimum absolute atomic E-state index is 0.0133. The van der Waals surface area contributed by atoms with E-state index < -0.39 is 23.6 Å². The number of carboxylic acids is 1. The van der Waals surface area contributed by atoms with E-state index in [9.17, 15) is 13.6 Å². The van der Waals surface area contributed by atoms with Gasteiger partial charge in [0.2, 0.25) is 0 Å². The molecule has 20 heavy (non-hydrogen) atoms. The lowest BCUT2D eigenvalue weighted by Gasteiger charge is -2.11. The summed E-state index contributed by atoms with van der Waals surface area (Å²) in [4.78, 5) is 10.7. The molecule has 0 bridgehead atoms. The van der Waals surface area contributed by atoms with Crippen LogP contribution in [0.15, 0.2) is 18.2 Å². The Bertz CT molecular complexity index is 630. The van der Waals surface area contributed by atoms with Gasteiger partial charge >= 0.3 is 5.97 Å². The lowest BCUT2D eigenvalue weighted by atomic mass is 10.1. The predicted molar refractivity (Wildman–Crippen MR) is 63.9 cm³/mol. The van der Waals surface area contributed by atoms with E-state index in [-0.39, 0.29) is 24.2 Å². The van der Waals surface area contributed by atoms with E-state index in [2.05, 4.69) is 15.5 Å². The van der Waals surface area contributed by atoms with Gasteiger partial charge in [0.1, 0.15) is 0 Å². The fourth-order valence-corrected chi connectivity index (χ4v) is 1.87. The van der Waals surface area contributed by atoms with Crippen molar-refractivity contribution in [3.05, 3.63) is 41.2 Å². The van der Waals surface area contributed by atoms with E-state index in [1.54, 1.807) is 6.92 Å². The number of aromatic nitrogens is 4. The van der Waals surface area contributed by atoms with Crippen LogP contribution in [-0.2, 0) is 11.2 Å². The molecule has 0 aliphatic rings. The summed E-state index contributed by atoms with van der Waals surface area (Å²) in [7, 11) is 0. The largest absolute Gasteiger partial charge is 0.481 e. The van der Waals surface area contributed by atoms with Crippen molar-refractivity contribution in [1.29, 1.82) is 0 Å². The molecule has 0 spiro atoms. The molecular formula is C12H12F2N4O2. The Morgan fingerprint density at radius 3 is 2.90 bits per heavy atom. The summed E-state index contributed by atoms with van der Waals surface area (Å²) in [5.41, 5.74) is 0.114. The quantitative estimate of drug-likeness (QED) is 0.900. The topological polar surface area (TPSA) is 80.9 Å². The second-order valence-electron chi connectivity index (χ2n) is 4.38. The molecule has 2 aromatic rings. The molecule has 0 aliphatic heterocycles. The molecule has 0 fully saturated rings. The SMILES string of the molecule is CC(CC(=O)O)n1nnnc1Cc1cccc(F)c1F. The molecule has 1 atom stereocenters. The van der Waals surface area contributed by atoms with Crippen molar-refractivity contribution in [2.45, 2.75) is 25.8 Å². The van der Waals surface area contributed by atoms with Crippen LogP contribution in [0.25, 0.3) is 0 Å². The van der Waals surface area contributed by atoms with Gasteiger partial charge in [0.05, 0.1) is 12.5 Å². The van der Waals surface area contributed by atoms with Crippen molar-refractivity contribution in [2.24, 2.45) is 0 Å². The van der Waals surface area contributed by atoms with Crippen LogP contribution in [0.1, 0.15) is 30.8 Å². The van der Waals surface area contributed by atoms with Gasteiger partial charge in [0, 0.05) is 6.42 Å². The summed E-state index contributed by atoms with van der Waals surface area (Å²) >= 11 is 0. The average Bonchev–Trinajstić information content (AvgIpc) is 2.82. The van der Waals surface area contributed by atoms with Crippen molar-refractivity contribution >= 4 is 5.97 Å². The van der Waals surface area contributed by atoms with Gasteiger partial charge in [-0.05, 0) is 29.0 Å². The zero-order valence-corrected chi connectivity index (χ0v) is 10.6. The van der Waals surface area contributed by atoms with E-state index in [0.29, 0.717) is 0 Å². The Hall–Kier alpha value is -2.38. The number of tetrazole rings is 1. The summed E-state index contributed by atoms with van der Waals surface area (Å²) < 4.78 is 28.0. The summed E-state index contributed by atoms with van der Waals surface area (Å²) in [6, 6.07) is 3.37. The van der Waals surface area contributed by atoms with Gasteiger partial charge in [-0.25, -0.2) is 13.5 Å². The summed E-state index contributed by atoms with van der Waals surface area (Å²) in [6.07, 6.45) is -0.176.